The highest BCUT2D eigenvalue weighted by molar-refractivity contribution is 5.31. The highest BCUT2D eigenvalue weighted by atomic mass is 16.5. The Bertz CT molecular complexity index is 587. The monoisotopic (exact) mass is 285 g/mol. The molecule has 1 saturated carbocycles. The molecule has 0 saturated heterocycles. The number of rotatable bonds is 5. The van der Waals surface area contributed by atoms with Crippen LogP contribution in [0.3, 0.4) is 0 Å². The summed E-state index contributed by atoms with van der Waals surface area (Å²) in [4.78, 5) is 0. The Hall–Kier alpha value is -1.81. The summed E-state index contributed by atoms with van der Waals surface area (Å²) in [5.74, 6) is 0.847. The van der Waals surface area contributed by atoms with Crippen molar-refractivity contribution in [1.82, 2.24) is 9.78 Å². The van der Waals surface area contributed by atoms with Crippen molar-refractivity contribution in [2.24, 2.45) is 5.73 Å². The smallest absolute Gasteiger partial charge is 0.119 e. The molecule has 2 aromatic rings. The second kappa shape index (κ2) is 6.31. The molecule has 21 heavy (non-hydrogen) atoms. The van der Waals surface area contributed by atoms with Gasteiger partial charge in [0.25, 0.3) is 0 Å². The Balaban J connectivity index is 1.67. The van der Waals surface area contributed by atoms with Crippen LogP contribution in [0.4, 0.5) is 0 Å². The van der Waals surface area contributed by atoms with E-state index >= 15 is 0 Å². The van der Waals surface area contributed by atoms with Crippen LogP contribution < -0.4 is 10.5 Å². The van der Waals surface area contributed by atoms with Crippen LogP contribution in [0, 0.1) is 0 Å². The van der Waals surface area contributed by atoms with Gasteiger partial charge in [0, 0.05) is 18.7 Å². The van der Waals surface area contributed by atoms with Crippen molar-refractivity contribution in [3.05, 3.63) is 47.8 Å². The summed E-state index contributed by atoms with van der Waals surface area (Å²) in [6.45, 7) is 0. The number of benzene rings is 1. The molecule has 1 heterocycles. The van der Waals surface area contributed by atoms with Crippen LogP contribution >= 0.6 is 0 Å². The zero-order chi connectivity index (χ0) is 14.7. The minimum atomic E-state index is -0.0490. The van der Waals surface area contributed by atoms with E-state index in [2.05, 4.69) is 16.9 Å². The summed E-state index contributed by atoms with van der Waals surface area (Å²) >= 11 is 0. The Kier molecular flexibility index (Phi) is 4.25. The first-order chi connectivity index (χ1) is 10.3. The lowest BCUT2D eigenvalue weighted by Crippen LogP contribution is -2.14. The molecule has 1 aromatic carbocycles. The van der Waals surface area contributed by atoms with Crippen molar-refractivity contribution >= 4 is 0 Å². The van der Waals surface area contributed by atoms with Crippen LogP contribution in [0.25, 0.3) is 0 Å². The molecule has 1 atom stereocenters. The average Bonchev–Trinajstić information content (AvgIpc) is 3.18. The summed E-state index contributed by atoms with van der Waals surface area (Å²) < 4.78 is 7.38. The van der Waals surface area contributed by atoms with E-state index in [-0.39, 0.29) is 6.04 Å². The van der Waals surface area contributed by atoms with Crippen LogP contribution in [0.2, 0.25) is 0 Å². The first-order valence-electron chi connectivity index (χ1n) is 7.70. The van der Waals surface area contributed by atoms with Gasteiger partial charge in [-0.1, -0.05) is 25.0 Å². The van der Waals surface area contributed by atoms with Crippen molar-refractivity contribution in [2.45, 2.75) is 44.2 Å². The second-order valence-electron chi connectivity index (χ2n) is 5.81. The van der Waals surface area contributed by atoms with E-state index in [0.717, 1.165) is 23.4 Å². The Morgan fingerprint density at radius 1 is 1.33 bits per heavy atom. The van der Waals surface area contributed by atoms with E-state index in [1.807, 2.05) is 24.3 Å². The fourth-order valence-electron chi connectivity index (χ4n) is 3.07. The first-order valence-corrected chi connectivity index (χ1v) is 7.70. The maximum absolute atomic E-state index is 6.31. The number of methoxy groups -OCH3 is 1. The van der Waals surface area contributed by atoms with Crippen LogP contribution in [-0.2, 0) is 6.42 Å². The standard InChI is InChI=1S/C17H23N3O/c1-21-16-8-4-5-13(11-16)17(18)12-14-9-10-20(19-14)15-6-2-3-7-15/h4-5,8-11,15,17H,2-3,6-7,12,18H2,1H3. The van der Waals surface area contributed by atoms with Crippen LogP contribution in [-0.4, -0.2) is 16.9 Å². The Labute approximate surface area is 125 Å². The summed E-state index contributed by atoms with van der Waals surface area (Å²) in [6, 6.07) is 10.6. The zero-order valence-electron chi connectivity index (χ0n) is 12.5. The minimum absolute atomic E-state index is 0.0490. The van der Waals surface area contributed by atoms with Crippen molar-refractivity contribution in [3.63, 3.8) is 0 Å². The number of nitrogens with two attached hydrogens (primary N) is 1. The summed E-state index contributed by atoms with van der Waals surface area (Å²) in [7, 11) is 1.67. The van der Waals surface area contributed by atoms with Gasteiger partial charge in [-0.05, 0) is 36.6 Å². The van der Waals surface area contributed by atoms with E-state index in [9.17, 15) is 0 Å². The van der Waals surface area contributed by atoms with Crippen LogP contribution in [0.5, 0.6) is 5.75 Å². The minimum Gasteiger partial charge on any atom is -0.497 e. The summed E-state index contributed by atoms with van der Waals surface area (Å²) in [5.41, 5.74) is 8.46. The van der Waals surface area contributed by atoms with Crippen molar-refractivity contribution in [1.29, 1.82) is 0 Å². The molecule has 1 aliphatic rings. The molecule has 1 unspecified atom stereocenters. The highest BCUT2D eigenvalue weighted by Crippen LogP contribution is 2.29. The van der Waals surface area contributed by atoms with Gasteiger partial charge in [-0.25, -0.2) is 0 Å². The molecule has 0 aliphatic heterocycles. The Morgan fingerprint density at radius 3 is 2.90 bits per heavy atom. The van der Waals surface area contributed by atoms with Gasteiger partial charge >= 0.3 is 0 Å². The van der Waals surface area contributed by atoms with E-state index < -0.39 is 0 Å². The molecule has 0 bridgehead atoms. The Morgan fingerprint density at radius 2 is 2.14 bits per heavy atom. The molecule has 2 N–H and O–H groups in total. The molecule has 1 fully saturated rings. The number of hydrogen-bond acceptors (Lipinski definition) is 3. The van der Waals surface area contributed by atoms with Gasteiger partial charge in [0.15, 0.2) is 0 Å². The predicted molar refractivity (Wildman–Crippen MR) is 83.4 cm³/mol. The second-order valence-corrected chi connectivity index (χ2v) is 5.81. The van der Waals surface area contributed by atoms with E-state index in [4.69, 9.17) is 15.6 Å². The quantitative estimate of drug-likeness (QED) is 0.917. The van der Waals surface area contributed by atoms with E-state index in [1.54, 1.807) is 7.11 Å². The van der Waals surface area contributed by atoms with Gasteiger partial charge in [-0.15, -0.1) is 0 Å². The number of nitrogens with zero attached hydrogens (tertiary/aromatic N) is 2. The molecular weight excluding hydrogens is 262 g/mol. The lowest BCUT2D eigenvalue weighted by molar-refractivity contribution is 0.413. The fraction of sp³-hybridized carbons (Fsp3) is 0.471. The van der Waals surface area contributed by atoms with Crippen molar-refractivity contribution in [3.8, 4) is 5.75 Å². The predicted octanol–water partition coefficient (Wildman–Crippen LogP) is 3.25. The molecule has 1 aliphatic carbocycles. The van der Waals surface area contributed by atoms with E-state index in [1.165, 1.54) is 25.7 Å². The maximum atomic E-state index is 6.31. The molecule has 112 valence electrons. The summed E-state index contributed by atoms with van der Waals surface area (Å²) in [6.07, 6.45) is 8.01. The largest absolute Gasteiger partial charge is 0.497 e. The maximum Gasteiger partial charge on any atom is 0.119 e. The molecule has 4 nitrogen and oxygen atoms in total. The molecule has 0 amide bonds. The molecule has 0 radical (unpaired) electrons. The zero-order valence-corrected chi connectivity index (χ0v) is 12.5. The SMILES string of the molecule is COc1cccc(C(N)Cc2ccn(C3CCCC3)n2)c1. The summed E-state index contributed by atoms with van der Waals surface area (Å²) in [5, 5.41) is 4.71. The van der Waals surface area contributed by atoms with Crippen LogP contribution in [0.1, 0.15) is 49.0 Å². The van der Waals surface area contributed by atoms with Gasteiger partial charge < -0.3 is 10.5 Å². The lowest BCUT2D eigenvalue weighted by Gasteiger charge is -2.12. The molecule has 1 aromatic heterocycles. The van der Waals surface area contributed by atoms with Gasteiger partial charge in [0.1, 0.15) is 5.75 Å². The number of ether oxygens (including phenoxy) is 1. The van der Waals surface area contributed by atoms with Gasteiger partial charge in [0.2, 0.25) is 0 Å². The lowest BCUT2D eigenvalue weighted by atomic mass is 10.0. The highest BCUT2D eigenvalue weighted by Gasteiger charge is 2.18. The third-order valence-corrected chi connectivity index (χ3v) is 4.31. The van der Waals surface area contributed by atoms with Gasteiger partial charge in [-0.2, -0.15) is 5.10 Å². The average molecular weight is 285 g/mol. The molecule has 3 rings (SSSR count). The third-order valence-electron chi connectivity index (χ3n) is 4.31. The molecule has 4 heteroatoms. The van der Waals surface area contributed by atoms with E-state index in [0.29, 0.717) is 6.04 Å². The molecule has 0 spiro atoms. The molecular formula is C17H23N3O. The number of aromatic nitrogens is 2. The van der Waals surface area contributed by atoms with Crippen molar-refractivity contribution in [2.75, 3.05) is 7.11 Å². The van der Waals surface area contributed by atoms with Crippen LogP contribution in [0.15, 0.2) is 36.5 Å². The van der Waals surface area contributed by atoms with Crippen molar-refractivity contribution < 1.29 is 4.74 Å². The first kappa shape index (κ1) is 14.1. The topological polar surface area (TPSA) is 53.1 Å². The fourth-order valence-corrected chi connectivity index (χ4v) is 3.07. The third kappa shape index (κ3) is 3.27. The number of hydrogen-bond donors (Lipinski definition) is 1. The van der Waals surface area contributed by atoms with Gasteiger partial charge in [0.05, 0.1) is 18.8 Å². The normalized spacial score (nSPS) is 17.0. The van der Waals surface area contributed by atoms with Gasteiger partial charge in [-0.3, -0.25) is 4.68 Å².